The van der Waals surface area contributed by atoms with Crippen LogP contribution in [0.15, 0.2) is 21.9 Å². The van der Waals surface area contributed by atoms with E-state index in [0.29, 0.717) is 24.7 Å². The average molecular weight is 313 g/mol. The lowest BCUT2D eigenvalue weighted by atomic mass is 10.4. The normalized spacial score (nSPS) is 12.4. The van der Waals surface area contributed by atoms with E-state index in [1.165, 1.54) is 6.08 Å². The molecule has 0 N–H and O–H groups in total. The lowest BCUT2D eigenvalue weighted by molar-refractivity contribution is 0.118. The monoisotopic (exact) mass is 313 g/mol. The Balaban J connectivity index is 2.99. The van der Waals surface area contributed by atoms with Crippen LogP contribution in [-0.4, -0.2) is 19.8 Å². The third kappa shape index (κ3) is 5.14. The molecule has 0 amide bonds. The van der Waals surface area contributed by atoms with Crippen molar-refractivity contribution in [2.45, 2.75) is 27.4 Å². The zero-order chi connectivity index (χ0) is 15.7. The number of allylic oxidation sites excluding steroid dienone is 1. The van der Waals surface area contributed by atoms with Gasteiger partial charge in [0.05, 0.1) is 13.2 Å². The molecule has 6 nitrogen and oxygen atoms in total. The van der Waals surface area contributed by atoms with Crippen LogP contribution in [0.3, 0.4) is 0 Å². The molecule has 0 saturated carbocycles. The van der Waals surface area contributed by atoms with Crippen LogP contribution in [0.5, 0.6) is 0 Å². The molecular formula is C14H20NO5P. The van der Waals surface area contributed by atoms with Gasteiger partial charge in [0, 0.05) is 12.7 Å². The van der Waals surface area contributed by atoms with Gasteiger partial charge in [-0.1, -0.05) is 0 Å². The van der Waals surface area contributed by atoms with Crippen LogP contribution in [0.2, 0.25) is 0 Å². The molecule has 0 unspecified atom stereocenters. The zero-order valence-electron chi connectivity index (χ0n) is 12.5. The summed E-state index contributed by atoms with van der Waals surface area (Å²) < 4.78 is 33.5. The Morgan fingerprint density at radius 1 is 1.29 bits per heavy atom. The van der Waals surface area contributed by atoms with E-state index >= 15 is 0 Å². The number of hydrogen-bond acceptors (Lipinski definition) is 6. The maximum absolute atomic E-state index is 12.5. The van der Waals surface area contributed by atoms with Crippen LogP contribution in [-0.2, 0) is 25.0 Å². The Morgan fingerprint density at radius 3 is 2.48 bits per heavy atom. The number of rotatable bonds is 9. The van der Waals surface area contributed by atoms with Gasteiger partial charge in [-0.05, 0) is 32.9 Å². The molecule has 0 radical (unpaired) electrons. The second-order valence-electron chi connectivity index (χ2n) is 3.92. The van der Waals surface area contributed by atoms with Gasteiger partial charge in [-0.15, -0.1) is 0 Å². The first-order valence-electron chi connectivity index (χ1n) is 6.77. The molecule has 7 heteroatoms. The number of nitrogens with zero attached hydrogens (tertiary/aromatic N) is 1. The predicted molar refractivity (Wildman–Crippen MR) is 78.5 cm³/mol. The largest absolute Gasteiger partial charge is 0.459 e. The van der Waals surface area contributed by atoms with Gasteiger partial charge in [0.1, 0.15) is 29.5 Å². The molecule has 0 bridgehead atoms. The lowest BCUT2D eigenvalue weighted by Gasteiger charge is -2.15. The van der Waals surface area contributed by atoms with Gasteiger partial charge in [0.2, 0.25) is 0 Å². The van der Waals surface area contributed by atoms with E-state index in [2.05, 4.69) is 0 Å². The standard InChI is InChI=1S/C14H20NO5P/c1-4-17-11-13-8-7-12(20-13)9-14(10-15)21(16,18-5-2)19-6-3/h7-9H,4-6,11H2,1-3H3/b14-9-. The first-order valence-corrected chi connectivity index (χ1v) is 8.31. The minimum Gasteiger partial charge on any atom is -0.459 e. The third-order valence-corrected chi connectivity index (χ3v) is 4.43. The zero-order valence-corrected chi connectivity index (χ0v) is 13.4. The summed E-state index contributed by atoms with van der Waals surface area (Å²) in [5, 5.41) is 9.13. The smallest absolute Gasteiger partial charge is 0.371 e. The van der Waals surface area contributed by atoms with Gasteiger partial charge in [-0.3, -0.25) is 4.57 Å². The van der Waals surface area contributed by atoms with Crippen LogP contribution >= 0.6 is 7.60 Å². The van der Waals surface area contributed by atoms with E-state index in [1.54, 1.807) is 26.0 Å². The second-order valence-corrected chi connectivity index (χ2v) is 5.91. The molecule has 0 fully saturated rings. The van der Waals surface area contributed by atoms with Gasteiger partial charge in [-0.2, -0.15) is 5.26 Å². The Bertz CT molecular complexity index is 548. The summed E-state index contributed by atoms with van der Waals surface area (Å²) in [6, 6.07) is 5.28. The van der Waals surface area contributed by atoms with Gasteiger partial charge < -0.3 is 18.2 Å². The summed E-state index contributed by atoms with van der Waals surface area (Å²) in [4.78, 5) is 0. The fraction of sp³-hybridized carbons (Fsp3) is 0.500. The molecule has 0 aliphatic heterocycles. The van der Waals surface area contributed by atoms with Crippen molar-refractivity contribution >= 4 is 13.7 Å². The quantitative estimate of drug-likeness (QED) is 0.507. The fourth-order valence-electron chi connectivity index (χ4n) is 1.58. The van der Waals surface area contributed by atoms with E-state index in [1.807, 2.05) is 13.0 Å². The molecule has 21 heavy (non-hydrogen) atoms. The molecule has 0 aromatic carbocycles. The average Bonchev–Trinajstić information content (AvgIpc) is 2.90. The lowest BCUT2D eigenvalue weighted by Crippen LogP contribution is -1.97. The van der Waals surface area contributed by atoms with Crippen LogP contribution in [0.1, 0.15) is 32.3 Å². The second kappa shape index (κ2) is 8.81. The van der Waals surface area contributed by atoms with Crippen molar-refractivity contribution in [1.29, 1.82) is 5.26 Å². The van der Waals surface area contributed by atoms with Gasteiger partial charge >= 0.3 is 7.60 Å². The number of nitriles is 1. The van der Waals surface area contributed by atoms with E-state index in [4.69, 9.17) is 18.2 Å². The maximum atomic E-state index is 12.5. The van der Waals surface area contributed by atoms with Crippen molar-refractivity contribution in [1.82, 2.24) is 0 Å². The minimum atomic E-state index is -3.60. The molecule has 116 valence electrons. The highest BCUT2D eigenvalue weighted by Crippen LogP contribution is 2.56. The van der Waals surface area contributed by atoms with Crippen molar-refractivity contribution in [3.05, 3.63) is 29.0 Å². The van der Waals surface area contributed by atoms with Crippen molar-refractivity contribution < 1.29 is 22.8 Å². The Labute approximate surface area is 124 Å². The van der Waals surface area contributed by atoms with Gasteiger partial charge in [0.15, 0.2) is 0 Å². The summed E-state index contributed by atoms with van der Waals surface area (Å²) in [5.74, 6) is 1.03. The number of furan rings is 1. The van der Waals surface area contributed by atoms with E-state index in [0.717, 1.165) is 0 Å². The van der Waals surface area contributed by atoms with Crippen LogP contribution in [0, 0.1) is 11.3 Å². The molecule has 0 aliphatic rings. The van der Waals surface area contributed by atoms with Crippen molar-refractivity contribution in [3.63, 3.8) is 0 Å². The molecule has 0 saturated heterocycles. The van der Waals surface area contributed by atoms with E-state index < -0.39 is 7.60 Å². The minimum absolute atomic E-state index is 0.0801. The summed E-state index contributed by atoms with van der Waals surface area (Å²) >= 11 is 0. The first kappa shape index (κ1) is 17.7. The summed E-state index contributed by atoms with van der Waals surface area (Å²) in [7, 11) is -3.60. The Kier molecular flexibility index (Phi) is 7.41. The maximum Gasteiger partial charge on any atom is 0.371 e. The highest BCUT2D eigenvalue weighted by atomic mass is 31.2. The highest BCUT2D eigenvalue weighted by molar-refractivity contribution is 7.59. The molecule has 1 aromatic rings. The third-order valence-electron chi connectivity index (χ3n) is 2.42. The highest BCUT2D eigenvalue weighted by Gasteiger charge is 2.30. The van der Waals surface area contributed by atoms with Gasteiger partial charge in [0.25, 0.3) is 0 Å². The molecule has 1 rings (SSSR count). The van der Waals surface area contributed by atoms with Crippen LogP contribution in [0.25, 0.3) is 6.08 Å². The van der Waals surface area contributed by atoms with Gasteiger partial charge in [-0.25, -0.2) is 0 Å². The van der Waals surface area contributed by atoms with E-state index in [-0.39, 0.29) is 18.5 Å². The SMILES string of the molecule is CCOCc1ccc(/C=C(/C#N)P(=O)(OCC)OCC)o1. The number of hydrogen-bond donors (Lipinski definition) is 0. The molecule has 0 atom stereocenters. The molecule has 0 aliphatic carbocycles. The molecule has 0 spiro atoms. The first-order chi connectivity index (χ1) is 10.1. The Morgan fingerprint density at radius 2 is 1.95 bits per heavy atom. The Hall–Kier alpha value is -1.38. The van der Waals surface area contributed by atoms with Crippen LogP contribution < -0.4 is 0 Å². The fourth-order valence-corrected chi connectivity index (χ4v) is 3.02. The molecular weight excluding hydrogens is 293 g/mol. The summed E-state index contributed by atoms with van der Waals surface area (Å²) in [5.41, 5.74) is 0. The van der Waals surface area contributed by atoms with Crippen molar-refractivity contribution in [3.8, 4) is 6.07 Å². The van der Waals surface area contributed by atoms with Crippen LogP contribution in [0.4, 0.5) is 0 Å². The summed E-state index contributed by atoms with van der Waals surface area (Å²) in [6.07, 6.45) is 1.38. The topological polar surface area (TPSA) is 81.7 Å². The van der Waals surface area contributed by atoms with E-state index in [9.17, 15) is 9.83 Å². The number of ether oxygens (including phenoxy) is 1. The van der Waals surface area contributed by atoms with Crippen molar-refractivity contribution in [2.75, 3.05) is 19.8 Å². The molecule has 1 aromatic heterocycles. The predicted octanol–water partition coefficient (Wildman–Crippen LogP) is 3.95. The molecule has 1 heterocycles. The van der Waals surface area contributed by atoms with Crippen molar-refractivity contribution in [2.24, 2.45) is 0 Å². The summed E-state index contributed by atoms with van der Waals surface area (Å²) in [6.45, 7) is 6.56.